The first-order chi connectivity index (χ1) is 9.81. The number of hydrogen-bond acceptors (Lipinski definition) is 4. The van der Waals surface area contributed by atoms with Crippen LogP contribution in [0.1, 0.15) is 38.3 Å². The predicted octanol–water partition coefficient (Wildman–Crippen LogP) is -0.452. The van der Waals surface area contributed by atoms with Gasteiger partial charge in [-0.3, -0.25) is 14.3 Å². The minimum absolute atomic E-state index is 0.122. The Bertz CT molecular complexity index is 714. The standard InChI is InChI=1S/C12H20N4O4S/c1-9(2)16-8-10(11(17)14-12(16)18)7-13-21(19,20)15-5-3-4-6-15/h8-9,13H,3-7H2,1-2H3,(H,14,17,18). The molecule has 1 aliphatic rings. The van der Waals surface area contributed by atoms with Gasteiger partial charge in [0.2, 0.25) is 0 Å². The molecule has 1 aromatic heterocycles. The van der Waals surface area contributed by atoms with Gasteiger partial charge in [0.05, 0.1) is 0 Å². The molecular formula is C12H20N4O4S. The molecule has 0 bridgehead atoms. The van der Waals surface area contributed by atoms with Crippen LogP contribution in [0.25, 0.3) is 0 Å². The van der Waals surface area contributed by atoms with Gasteiger partial charge in [-0.2, -0.15) is 17.4 Å². The molecule has 0 amide bonds. The molecule has 0 radical (unpaired) electrons. The van der Waals surface area contributed by atoms with E-state index in [0.717, 1.165) is 12.8 Å². The number of nitrogens with one attached hydrogen (secondary N) is 2. The van der Waals surface area contributed by atoms with Gasteiger partial charge in [0.15, 0.2) is 0 Å². The molecule has 1 aromatic rings. The monoisotopic (exact) mass is 316 g/mol. The first kappa shape index (κ1) is 15.9. The van der Waals surface area contributed by atoms with Crippen LogP contribution in [0, 0.1) is 0 Å². The first-order valence-corrected chi connectivity index (χ1v) is 8.34. The lowest BCUT2D eigenvalue weighted by molar-refractivity contribution is 0.464. The molecule has 1 aliphatic heterocycles. The summed E-state index contributed by atoms with van der Waals surface area (Å²) in [5.41, 5.74) is -0.853. The number of aromatic nitrogens is 2. The molecule has 8 nitrogen and oxygen atoms in total. The van der Waals surface area contributed by atoms with Gasteiger partial charge >= 0.3 is 5.69 Å². The Morgan fingerprint density at radius 1 is 1.29 bits per heavy atom. The van der Waals surface area contributed by atoms with E-state index in [1.807, 2.05) is 0 Å². The van der Waals surface area contributed by atoms with Crippen molar-refractivity contribution >= 4 is 10.2 Å². The maximum absolute atomic E-state index is 12.0. The van der Waals surface area contributed by atoms with Gasteiger partial charge < -0.3 is 0 Å². The third-order valence-electron chi connectivity index (χ3n) is 3.45. The minimum atomic E-state index is -3.58. The topological polar surface area (TPSA) is 104 Å². The summed E-state index contributed by atoms with van der Waals surface area (Å²) >= 11 is 0. The SMILES string of the molecule is CC(C)n1cc(CNS(=O)(=O)N2CCCC2)c(=O)[nH]c1=O. The van der Waals surface area contributed by atoms with E-state index < -0.39 is 21.5 Å². The maximum atomic E-state index is 12.0. The second-order valence-corrected chi connectivity index (χ2v) is 7.10. The Labute approximate surface area is 123 Å². The number of aromatic amines is 1. The Morgan fingerprint density at radius 2 is 1.90 bits per heavy atom. The summed E-state index contributed by atoms with van der Waals surface area (Å²) in [6.45, 7) is 4.46. The van der Waals surface area contributed by atoms with Crippen LogP contribution in [0.5, 0.6) is 0 Å². The van der Waals surface area contributed by atoms with Crippen LogP contribution in [-0.2, 0) is 16.8 Å². The Hall–Kier alpha value is -1.45. The molecule has 1 fully saturated rings. The van der Waals surface area contributed by atoms with Gasteiger partial charge in [0.1, 0.15) is 0 Å². The van der Waals surface area contributed by atoms with Gasteiger partial charge in [-0.1, -0.05) is 0 Å². The lowest BCUT2D eigenvalue weighted by atomic mass is 10.3. The van der Waals surface area contributed by atoms with Crippen LogP contribution < -0.4 is 16.0 Å². The van der Waals surface area contributed by atoms with Crippen LogP contribution in [-0.4, -0.2) is 35.4 Å². The van der Waals surface area contributed by atoms with E-state index in [4.69, 9.17) is 0 Å². The Kier molecular flexibility index (Phi) is 4.64. The highest BCUT2D eigenvalue weighted by atomic mass is 32.2. The number of hydrogen-bond donors (Lipinski definition) is 2. The third kappa shape index (κ3) is 3.60. The molecule has 0 aromatic carbocycles. The van der Waals surface area contributed by atoms with E-state index in [1.54, 1.807) is 13.8 Å². The van der Waals surface area contributed by atoms with Crippen LogP contribution in [0.3, 0.4) is 0 Å². The van der Waals surface area contributed by atoms with Gasteiger partial charge in [0.25, 0.3) is 15.8 Å². The zero-order chi connectivity index (χ0) is 15.6. The zero-order valence-corrected chi connectivity index (χ0v) is 12.9. The lowest BCUT2D eigenvalue weighted by Crippen LogP contribution is -2.40. The third-order valence-corrected chi connectivity index (χ3v) is 5.00. The summed E-state index contributed by atoms with van der Waals surface area (Å²) in [6.07, 6.45) is 3.10. The molecule has 1 saturated heterocycles. The van der Waals surface area contributed by atoms with E-state index >= 15 is 0 Å². The van der Waals surface area contributed by atoms with E-state index in [1.165, 1.54) is 15.1 Å². The highest BCUT2D eigenvalue weighted by Crippen LogP contribution is 2.11. The molecule has 0 aliphatic carbocycles. The normalized spacial score (nSPS) is 16.7. The molecule has 2 heterocycles. The van der Waals surface area contributed by atoms with Crippen LogP contribution >= 0.6 is 0 Å². The van der Waals surface area contributed by atoms with Crippen molar-refractivity contribution < 1.29 is 8.42 Å². The van der Waals surface area contributed by atoms with Crippen LogP contribution in [0.2, 0.25) is 0 Å². The van der Waals surface area contributed by atoms with Crippen molar-refractivity contribution in [3.05, 3.63) is 32.6 Å². The zero-order valence-electron chi connectivity index (χ0n) is 12.1. The molecular weight excluding hydrogens is 296 g/mol. The Morgan fingerprint density at radius 3 is 2.48 bits per heavy atom. The highest BCUT2D eigenvalue weighted by molar-refractivity contribution is 7.87. The average Bonchev–Trinajstić information content (AvgIpc) is 2.91. The van der Waals surface area contributed by atoms with Crippen molar-refractivity contribution in [2.24, 2.45) is 0 Å². The number of nitrogens with zero attached hydrogens (tertiary/aromatic N) is 2. The summed E-state index contributed by atoms with van der Waals surface area (Å²) in [4.78, 5) is 25.5. The molecule has 2 N–H and O–H groups in total. The highest BCUT2D eigenvalue weighted by Gasteiger charge is 2.25. The Balaban J connectivity index is 2.18. The minimum Gasteiger partial charge on any atom is -0.298 e. The van der Waals surface area contributed by atoms with Gasteiger partial charge in [0, 0.05) is 37.4 Å². The summed E-state index contributed by atoms with van der Waals surface area (Å²) < 4.78 is 29.2. The second kappa shape index (κ2) is 6.12. The van der Waals surface area contributed by atoms with Crippen molar-refractivity contribution in [2.75, 3.05) is 13.1 Å². The molecule has 9 heteroatoms. The molecule has 0 saturated carbocycles. The summed E-state index contributed by atoms with van der Waals surface area (Å²) in [6, 6.07) is -0.122. The van der Waals surface area contributed by atoms with Crippen molar-refractivity contribution in [2.45, 2.75) is 39.3 Å². The summed E-state index contributed by atoms with van der Waals surface area (Å²) in [7, 11) is -3.58. The first-order valence-electron chi connectivity index (χ1n) is 6.90. The van der Waals surface area contributed by atoms with Gasteiger partial charge in [-0.15, -0.1) is 0 Å². The van der Waals surface area contributed by atoms with E-state index in [9.17, 15) is 18.0 Å². The fourth-order valence-corrected chi connectivity index (χ4v) is 3.48. The molecule has 0 spiro atoms. The van der Waals surface area contributed by atoms with Crippen LogP contribution in [0.4, 0.5) is 0 Å². The lowest BCUT2D eigenvalue weighted by Gasteiger charge is -2.16. The quantitative estimate of drug-likeness (QED) is 0.767. The number of H-pyrrole nitrogens is 1. The molecule has 2 rings (SSSR count). The molecule has 21 heavy (non-hydrogen) atoms. The fourth-order valence-electron chi connectivity index (χ4n) is 2.23. The van der Waals surface area contributed by atoms with E-state index in [-0.39, 0.29) is 18.2 Å². The van der Waals surface area contributed by atoms with Gasteiger partial charge in [-0.05, 0) is 26.7 Å². The molecule has 118 valence electrons. The smallest absolute Gasteiger partial charge is 0.298 e. The fraction of sp³-hybridized carbons (Fsp3) is 0.667. The van der Waals surface area contributed by atoms with Crippen molar-refractivity contribution in [3.63, 3.8) is 0 Å². The molecule has 0 atom stereocenters. The summed E-state index contributed by atoms with van der Waals surface area (Å²) in [5.74, 6) is 0. The number of rotatable bonds is 5. The molecule has 0 unspecified atom stereocenters. The second-order valence-electron chi connectivity index (χ2n) is 5.35. The van der Waals surface area contributed by atoms with E-state index in [2.05, 4.69) is 9.71 Å². The van der Waals surface area contributed by atoms with Crippen molar-refractivity contribution in [1.82, 2.24) is 18.6 Å². The predicted molar refractivity (Wildman–Crippen MR) is 78.3 cm³/mol. The van der Waals surface area contributed by atoms with Crippen molar-refractivity contribution in [3.8, 4) is 0 Å². The summed E-state index contributed by atoms with van der Waals surface area (Å²) in [5, 5.41) is 0. The van der Waals surface area contributed by atoms with Gasteiger partial charge in [-0.25, -0.2) is 4.79 Å². The van der Waals surface area contributed by atoms with E-state index in [0.29, 0.717) is 13.1 Å². The van der Waals surface area contributed by atoms with Crippen LogP contribution in [0.15, 0.2) is 15.8 Å². The van der Waals surface area contributed by atoms with Crippen molar-refractivity contribution in [1.29, 1.82) is 0 Å². The largest absolute Gasteiger partial charge is 0.328 e. The maximum Gasteiger partial charge on any atom is 0.328 e. The average molecular weight is 316 g/mol.